The van der Waals surface area contributed by atoms with Gasteiger partial charge in [0.1, 0.15) is 5.82 Å². The summed E-state index contributed by atoms with van der Waals surface area (Å²) in [6.45, 7) is 7.50. The number of piperidine rings is 1. The zero-order valence-corrected chi connectivity index (χ0v) is 15.0. The van der Waals surface area contributed by atoms with Crippen LogP contribution in [0.5, 0.6) is 0 Å². The Morgan fingerprint density at radius 1 is 1.52 bits per heavy atom. The molecule has 1 fully saturated rings. The molecular formula is C15H21BrClN3O. The highest BCUT2D eigenvalue weighted by Crippen LogP contribution is 2.28. The van der Waals surface area contributed by atoms with E-state index in [0.29, 0.717) is 5.02 Å². The quantitative estimate of drug-likeness (QED) is 0.860. The first-order chi connectivity index (χ1) is 9.77. The molecule has 0 bridgehead atoms. The smallest absolute Gasteiger partial charge is 0.225 e. The summed E-state index contributed by atoms with van der Waals surface area (Å²) >= 11 is 9.44. The van der Waals surface area contributed by atoms with Gasteiger partial charge in [0, 0.05) is 30.7 Å². The molecule has 1 atom stereocenters. The Hall–Kier alpha value is -0.810. The lowest BCUT2D eigenvalue weighted by atomic mass is 9.94. The fourth-order valence-corrected chi connectivity index (χ4v) is 3.22. The van der Waals surface area contributed by atoms with Gasteiger partial charge >= 0.3 is 0 Å². The third-order valence-corrected chi connectivity index (χ3v) is 4.32. The Kier molecular flexibility index (Phi) is 5.15. The molecule has 116 valence electrons. The van der Waals surface area contributed by atoms with Crippen LogP contribution in [0.15, 0.2) is 16.7 Å². The van der Waals surface area contributed by atoms with Crippen molar-refractivity contribution in [3.8, 4) is 0 Å². The molecule has 1 aromatic rings. The van der Waals surface area contributed by atoms with Crippen LogP contribution in [0.25, 0.3) is 0 Å². The van der Waals surface area contributed by atoms with Gasteiger partial charge in [-0.25, -0.2) is 4.98 Å². The van der Waals surface area contributed by atoms with Gasteiger partial charge in [0.25, 0.3) is 0 Å². The molecule has 4 nitrogen and oxygen atoms in total. The second-order valence-electron chi connectivity index (χ2n) is 6.47. The molecule has 1 amide bonds. The topological polar surface area (TPSA) is 45.2 Å². The molecule has 1 N–H and O–H groups in total. The van der Waals surface area contributed by atoms with E-state index in [9.17, 15) is 4.79 Å². The zero-order valence-electron chi connectivity index (χ0n) is 12.6. The maximum Gasteiger partial charge on any atom is 0.225 e. The molecule has 0 aromatic carbocycles. The van der Waals surface area contributed by atoms with Crippen LogP contribution < -0.4 is 10.2 Å². The minimum atomic E-state index is -0.360. The van der Waals surface area contributed by atoms with Gasteiger partial charge in [-0.05, 0) is 34.8 Å². The molecule has 1 aliphatic heterocycles. The first kappa shape index (κ1) is 16.6. The first-order valence-electron chi connectivity index (χ1n) is 7.14. The highest BCUT2D eigenvalue weighted by Gasteiger charge is 2.28. The second-order valence-corrected chi connectivity index (χ2v) is 7.76. The molecular weight excluding hydrogens is 354 g/mol. The summed E-state index contributed by atoms with van der Waals surface area (Å²) in [5, 5.41) is 3.75. The summed E-state index contributed by atoms with van der Waals surface area (Å²) in [6, 6.07) is 2.01. The highest BCUT2D eigenvalue weighted by molar-refractivity contribution is 9.10. The summed E-state index contributed by atoms with van der Waals surface area (Å²) < 4.78 is 0.887. The number of amides is 1. The van der Waals surface area contributed by atoms with Crippen LogP contribution in [0, 0.1) is 5.41 Å². The van der Waals surface area contributed by atoms with E-state index in [1.807, 2.05) is 26.8 Å². The van der Waals surface area contributed by atoms with Crippen molar-refractivity contribution < 1.29 is 4.79 Å². The van der Waals surface area contributed by atoms with Crippen molar-refractivity contribution in [1.29, 1.82) is 0 Å². The van der Waals surface area contributed by atoms with Crippen LogP contribution in [0.3, 0.4) is 0 Å². The maximum absolute atomic E-state index is 12.1. The van der Waals surface area contributed by atoms with Crippen LogP contribution in [0.4, 0.5) is 5.82 Å². The number of nitrogens with one attached hydrogen (secondary N) is 1. The standard InChI is InChI=1S/C15H21BrClN3O/c1-15(2,3)14(21)19-11-5-4-6-20(9-11)13-12(16)7-10(17)8-18-13/h7-8,11H,4-6,9H2,1-3H3,(H,19,21). The van der Waals surface area contributed by atoms with E-state index in [1.54, 1.807) is 6.20 Å². The molecule has 6 heteroatoms. The van der Waals surface area contributed by atoms with Crippen molar-refractivity contribution in [2.75, 3.05) is 18.0 Å². The summed E-state index contributed by atoms with van der Waals surface area (Å²) in [6.07, 6.45) is 3.69. The number of anilines is 1. The van der Waals surface area contributed by atoms with Crippen molar-refractivity contribution in [2.24, 2.45) is 5.41 Å². The number of nitrogens with zero attached hydrogens (tertiary/aromatic N) is 2. The lowest BCUT2D eigenvalue weighted by Gasteiger charge is -2.35. The number of hydrogen-bond donors (Lipinski definition) is 1. The van der Waals surface area contributed by atoms with Gasteiger partial charge in [-0.1, -0.05) is 32.4 Å². The minimum Gasteiger partial charge on any atom is -0.354 e. The van der Waals surface area contributed by atoms with Crippen LogP contribution in [-0.4, -0.2) is 30.0 Å². The predicted octanol–water partition coefficient (Wildman–Crippen LogP) is 3.63. The van der Waals surface area contributed by atoms with Crippen molar-refractivity contribution in [1.82, 2.24) is 10.3 Å². The van der Waals surface area contributed by atoms with Gasteiger partial charge in [0.2, 0.25) is 5.91 Å². The normalized spacial score (nSPS) is 19.5. The van der Waals surface area contributed by atoms with Gasteiger partial charge in [0.05, 0.1) is 9.50 Å². The van der Waals surface area contributed by atoms with E-state index in [0.717, 1.165) is 36.2 Å². The van der Waals surface area contributed by atoms with Crippen LogP contribution >= 0.6 is 27.5 Å². The number of aromatic nitrogens is 1. The van der Waals surface area contributed by atoms with Crippen molar-refractivity contribution in [3.63, 3.8) is 0 Å². The molecule has 0 radical (unpaired) electrons. The van der Waals surface area contributed by atoms with Gasteiger partial charge in [-0.2, -0.15) is 0 Å². The molecule has 2 heterocycles. The third-order valence-electron chi connectivity index (χ3n) is 3.53. The highest BCUT2D eigenvalue weighted by atomic mass is 79.9. The summed E-state index contributed by atoms with van der Waals surface area (Å²) in [7, 11) is 0. The number of halogens is 2. The molecule has 0 saturated carbocycles. The van der Waals surface area contributed by atoms with Crippen molar-refractivity contribution in [3.05, 3.63) is 21.8 Å². The van der Waals surface area contributed by atoms with E-state index in [2.05, 4.69) is 31.1 Å². The van der Waals surface area contributed by atoms with E-state index in [-0.39, 0.29) is 17.4 Å². The minimum absolute atomic E-state index is 0.0949. The largest absolute Gasteiger partial charge is 0.354 e. The molecule has 0 spiro atoms. The molecule has 21 heavy (non-hydrogen) atoms. The monoisotopic (exact) mass is 373 g/mol. The molecule has 1 saturated heterocycles. The Morgan fingerprint density at radius 3 is 2.86 bits per heavy atom. The van der Waals surface area contributed by atoms with Crippen LogP contribution in [0.1, 0.15) is 33.6 Å². The Labute approximate surface area is 139 Å². The number of hydrogen-bond acceptors (Lipinski definition) is 3. The first-order valence-corrected chi connectivity index (χ1v) is 8.31. The summed E-state index contributed by atoms with van der Waals surface area (Å²) in [5.74, 6) is 0.978. The summed E-state index contributed by atoms with van der Waals surface area (Å²) in [5.41, 5.74) is -0.360. The number of carbonyl (C=O) groups is 1. The third kappa shape index (κ3) is 4.33. The van der Waals surface area contributed by atoms with Crippen LogP contribution in [-0.2, 0) is 4.79 Å². The maximum atomic E-state index is 12.1. The average Bonchev–Trinajstić information content (AvgIpc) is 2.37. The molecule has 0 aliphatic carbocycles. The SMILES string of the molecule is CC(C)(C)C(=O)NC1CCCN(c2ncc(Cl)cc2Br)C1. The Bertz CT molecular complexity index is 530. The second kappa shape index (κ2) is 6.53. The van der Waals surface area contributed by atoms with Crippen molar-refractivity contribution in [2.45, 2.75) is 39.7 Å². The zero-order chi connectivity index (χ0) is 15.6. The van der Waals surface area contributed by atoms with Gasteiger partial charge in [0.15, 0.2) is 0 Å². The van der Waals surface area contributed by atoms with E-state index >= 15 is 0 Å². The fourth-order valence-electron chi connectivity index (χ4n) is 2.33. The van der Waals surface area contributed by atoms with E-state index < -0.39 is 0 Å². The van der Waals surface area contributed by atoms with Gasteiger partial charge < -0.3 is 10.2 Å². The summed E-state index contributed by atoms with van der Waals surface area (Å²) in [4.78, 5) is 18.7. The van der Waals surface area contributed by atoms with E-state index in [1.165, 1.54) is 0 Å². The Morgan fingerprint density at radius 2 is 2.24 bits per heavy atom. The number of rotatable bonds is 2. The number of pyridine rings is 1. The van der Waals surface area contributed by atoms with Crippen LogP contribution in [0.2, 0.25) is 5.02 Å². The van der Waals surface area contributed by atoms with Crippen molar-refractivity contribution >= 4 is 39.3 Å². The number of carbonyl (C=O) groups excluding carboxylic acids is 1. The molecule has 1 unspecified atom stereocenters. The van der Waals surface area contributed by atoms with Gasteiger partial charge in [-0.15, -0.1) is 0 Å². The molecule has 1 aliphatic rings. The molecule has 1 aromatic heterocycles. The lowest BCUT2D eigenvalue weighted by Crippen LogP contribution is -2.50. The van der Waals surface area contributed by atoms with Gasteiger partial charge in [-0.3, -0.25) is 4.79 Å². The Balaban J connectivity index is 2.05. The van der Waals surface area contributed by atoms with E-state index in [4.69, 9.17) is 11.6 Å². The average molecular weight is 375 g/mol. The fraction of sp³-hybridized carbons (Fsp3) is 0.600. The molecule has 2 rings (SSSR count). The lowest BCUT2D eigenvalue weighted by molar-refractivity contribution is -0.129. The predicted molar refractivity (Wildman–Crippen MR) is 89.8 cm³/mol.